The molecule has 18 heavy (non-hydrogen) atoms. The Hall–Kier alpha value is -2.10. The fourth-order valence-corrected chi connectivity index (χ4v) is 2.83. The highest BCUT2D eigenvalue weighted by atomic mass is 35.5. The van der Waals surface area contributed by atoms with Gasteiger partial charge >= 0.3 is 0 Å². The van der Waals surface area contributed by atoms with E-state index in [0.717, 1.165) is 4.70 Å². The van der Waals surface area contributed by atoms with Gasteiger partial charge in [0.05, 0.1) is 15.9 Å². The van der Waals surface area contributed by atoms with Crippen molar-refractivity contribution < 1.29 is 0 Å². The van der Waals surface area contributed by atoms with Crippen molar-refractivity contribution in [1.82, 2.24) is 14.8 Å². The van der Waals surface area contributed by atoms with Crippen LogP contribution in [0.5, 0.6) is 0 Å². The summed E-state index contributed by atoms with van der Waals surface area (Å²) in [6.45, 7) is 0. The summed E-state index contributed by atoms with van der Waals surface area (Å²) < 4.78 is 2.39. The maximum atomic E-state index is 8.84. The lowest BCUT2D eigenvalue weighted by Gasteiger charge is -1.96. The maximum absolute atomic E-state index is 8.84. The van der Waals surface area contributed by atoms with Crippen LogP contribution in [0, 0.1) is 11.3 Å². The molecule has 0 radical (unpaired) electrons. The molecule has 1 aromatic carbocycles. The predicted molar refractivity (Wildman–Crippen MR) is 70.9 cm³/mol. The largest absolute Gasteiger partial charge is 0.382 e. The van der Waals surface area contributed by atoms with Gasteiger partial charge in [-0.3, -0.25) is 0 Å². The van der Waals surface area contributed by atoms with Crippen LogP contribution in [-0.2, 0) is 0 Å². The third-order valence-corrected chi connectivity index (χ3v) is 3.77. The number of nitrogen functional groups attached to an aromatic ring is 1. The van der Waals surface area contributed by atoms with Gasteiger partial charge in [0.15, 0.2) is 0 Å². The lowest BCUT2D eigenvalue weighted by Crippen LogP contribution is -2.01. The van der Waals surface area contributed by atoms with Crippen LogP contribution in [0.3, 0.4) is 0 Å². The summed E-state index contributed by atoms with van der Waals surface area (Å²) in [6.07, 6.45) is 1.42. The Kier molecular flexibility index (Phi) is 2.44. The first kappa shape index (κ1) is 11.0. The Morgan fingerprint density at radius 3 is 2.94 bits per heavy atom. The molecular formula is C11H6ClN5S. The fraction of sp³-hybridized carbons (Fsp3) is 0. The van der Waals surface area contributed by atoms with Gasteiger partial charge in [0, 0.05) is 0 Å². The molecule has 0 fully saturated rings. The predicted octanol–water partition coefficient (Wildman–Crippen LogP) is 2.59. The van der Waals surface area contributed by atoms with E-state index in [4.69, 9.17) is 22.6 Å². The molecular weight excluding hydrogens is 270 g/mol. The number of halogens is 1. The summed E-state index contributed by atoms with van der Waals surface area (Å²) in [5.74, 6) is 0.285. The molecule has 0 bridgehead atoms. The van der Waals surface area contributed by atoms with E-state index in [-0.39, 0.29) is 5.82 Å². The Morgan fingerprint density at radius 2 is 2.28 bits per heavy atom. The van der Waals surface area contributed by atoms with E-state index in [1.807, 2.05) is 18.2 Å². The zero-order chi connectivity index (χ0) is 12.7. The second kappa shape index (κ2) is 3.98. The van der Waals surface area contributed by atoms with Gasteiger partial charge in [-0.25, -0.2) is 4.98 Å². The van der Waals surface area contributed by atoms with Crippen LogP contribution in [0.25, 0.3) is 15.3 Å². The summed E-state index contributed by atoms with van der Waals surface area (Å²) in [7, 11) is 0. The number of thiazole rings is 1. The number of fused-ring (bicyclic) bond motifs is 1. The Bertz CT molecular complexity index is 782. The second-order valence-corrected chi connectivity index (χ2v) is 4.97. The molecule has 0 aliphatic carbocycles. The summed E-state index contributed by atoms with van der Waals surface area (Å²) >= 11 is 7.48. The molecule has 7 heteroatoms. The number of rotatable bonds is 1. The summed E-state index contributed by atoms with van der Waals surface area (Å²) in [6, 6.07) is 7.54. The number of para-hydroxylation sites is 1. The highest BCUT2D eigenvalue weighted by Crippen LogP contribution is 2.30. The number of benzene rings is 1. The van der Waals surface area contributed by atoms with Crippen LogP contribution in [0.2, 0.25) is 5.02 Å². The number of nitrogens with zero attached hydrogens (tertiary/aromatic N) is 4. The molecule has 0 atom stereocenters. The minimum atomic E-state index is 0.285. The molecule has 0 aliphatic heterocycles. The molecule has 0 saturated carbocycles. The summed E-state index contributed by atoms with van der Waals surface area (Å²) in [5.41, 5.74) is 6.87. The van der Waals surface area contributed by atoms with Crippen LogP contribution < -0.4 is 5.73 Å². The number of nitrogens with two attached hydrogens (primary N) is 1. The molecule has 3 aromatic rings. The van der Waals surface area contributed by atoms with E-state index in [0.29, 0.717) is 21.2 Å². The number of anilines is 1. The van der Waals surface area contributed by atoms with Crippen molar-refractivity contribution in [3.63, 3.8) is 0 Å². The third-order valence-electron chi connectivity index (χ3n) is 2.47. The van der Waals surface area contributed by atoms with Crippen LogP contribution in [0.1, 0.15) is 5.56 Å². The van der Waals surface area contributed by atoms with E-state index >= 15 is 0 Å². The Balaban J connectivity index is 2.23. The first-order valence-corrected chi connectivity index (χ1v) is 6.19. The van der Waals surface area contributed by atoms with Crippen molar-refractivity contribution in [2.24, 2.45) is 0 Å². The molecule has 0 unspecified atom stereocenters. The van der Waals surface area contributed by atoms with Crippen molar-refractivity contribution in [1.29, 1.82) is 5.26 Å². The van der Waals surface area contributed by atoms with Crippen LogP contribution in [-0.4, -0.2) is 14.8 Å². The smallest absolute Gasteiger partial charge is 0.213 e. The van der Waals surface area contributed by atoms with Gasteiger partial charge in [-0.2, -0.15) is 15.0 Å². The summed E-state index contributed by atoms with van der Waals surface area (Å²) in [5, 5.41) is 14.1. The number of aromatic nitrogens is 3. The number of nitriles is 1. The van der Waals surface area contributed by atoms with Gasteiger partial charge in [0.1, 0.15) is 23.0 Å². The normalized spacial score (nSPS) is 10.7. The van der Waals surface area contributed by atoms with Crippen molar-refractivity contribution in [2.75, 3.05) is 5.73 Å². The van der Waals surface area contributed by atoms with Gasteiger partial charge in [0.25, 0.3) is 0 Å². The number of hydrogen-bond acceptors (Lipinski definition) is 5. The third kappa shape index (κ3) is 1.53. The van der Waals surface area contributed by atoms with Crippen LogP contribution in [0.15, 0.2) is 24.4 Å². The van der Waals surface area contributed by atoms with E-state index in [1.54, 1.807) is 6.07 Å². The molecule has 0 aliphatic rings. The van der Waals surface area contributed by atoms with E-state index in [9.17, 15) is 0 Å². The van der Waals surface area contributed by atoms with Crippen molar-refractivity contribution in [2.45, 2.75) is 0 Å². The maximum Gasteiger partial charge on any atom is 0.213 e. The second-order valence-electron chi connectivity index (χ2n) is 3.55. The van der Waals surface area contributed by atoms with Gasteiger partial charge < -0.3 is 5.73 Å². The Labute approximate surface area is 111 Å². The minimum Gasteiger partial charge on any atom is -0.382 e. The zero-order valence-corrected chi connectivity index (χ0v) is 10.5. The molecule has 88 valence electrons. The van der Waals surface area contributed by atoms with Crippen molar-refractivity contribution >= 4 is 39.0 Å². The molecule has 2 aromatic heterocycles. The lowest BCUT2D eigenvalue weighted by atomic mass is 10.3. The molecule has 2 N–H and O–H groups in total. The molecule has 0 saturated heterocycles. The topological polar surface area (TPSA) is 80.5 Å². The van der Waals surface area contributed by atoms with Gasteiger partial charge in [-0.1, -0.05) is 29.0 Å². The molecule has 5 nitrogen and oxygen atoms in total. The van der Waals surface area contributed by atoms with E-state index in [2.05, 4.69) is 10.1 Å². The zero-order valence-electron chi connectivity index (χ0n) is 8.96. The van der Waals surface area contributed by atoms with Crippen LogP contribution in [0.4, 0.5) is 5.82 Å². The van der Waals surface area contributed by atoms with Crippen molar-refractivity contribution in [3.8, 4) is 11.2 Å². The molecule has 3 rings (SSSR count). The van der Waals surface area contributed by atoms with Gasteiger partial charge in [-0.05, 0) is 12.1 Å². The average Bonchev–Trinajstić information content (AvgIpc) is 2.93. The lowest BCUT2D eigenvalue weighted by molar-refractivity contribution is 0.883. The van der Waals surface area contributed by atoms with Gasteiger partial charge in [-0.15, -0.1) is 0 Å². The fourth-order valence-electron chi connectivity index (χ4n) is 1.59. The SMILES string of the molecule is N#Cc1cnn(-c2nc3c(Cl)cccc3s2)c1N. The molecule has 0 amide bonds. The van der Waals surface area contributed by atoms with Crippen molar-refractivity contribution in [3.05, 3.63) is 35.0 Å². The average molecular weight is 276 g/mol. The summed E-state index contributed by atoms with van der Waals surface area (Å²) in [4.78, 5) is 4.39. The first-order chi connectivity index (χ1) is 8.70. The highest BCUT2D eigenvalue weighted by Gasteiger charge is 2.13. The monoisotopic (exact) mass is 275 g/mol. The molecule has 0 spiro atoms. The quantitative estimate of drug-likeness (QED) is 0.740. The van der Waals surface area contributed by atoms with Gasteiger partial charge in [0.2, 0.25) is 5.13 Å². The Morgan fingerprint density at radius 1 is 1.44 bits per heavy atom. The highest BCUT2D eigenvalue weighted by molar-refractivity contribution is 7.20. The standard InChI is InChI=1S/C11H6ClN5S/c12-7-2-1-3-8-9(7)16-11(18-8)17-10(14)6(4-13)5-15-17/h1-3,5H,14H2. The van der Waals surface area contributed by atoms with E-state index in [1.165, 1.54) is 22.2 Å². The van der Waals surface area contributed by atoms with Crippen LogP contribution >= 0.6 is 22.9 Å². The van der Waals surface area contributed by atoms with E-state index < -0.39 is 0 Å². The minimum absolute atomic E-state index is 0.285. The first-order valence-electron chi connectivity index (χ1n) is 4.99. The molecule has 2 heterocycles. The number of hydrogen-bond donors (Lipinski definition) is 1.